The average Bonchev–Trinajstić information content (AvgIpc) is 2.79. The van der Waals surface area contributed by atoms with Gasteiger partial charge in [0, 0.05) is 0 Å². The lowest BCUT2D eigenvalue weighted by molar-refractivity contribution is 0.216. The summed E-state index contributed by atoms with van der Waals surface area (Å²) in [6, 6.07) is 0. The van der Waals surface area contributed by atoms with Gasteiger partial charge in [-0.1, -0.05) is 139 Å². The van der Waals surface area contributed by atoms with E-state index in [1.165, 1.54) is 95.5 Å². The Bertz CT molecular complexity index is 314. The molecule has 0 N–H and O–H groups in total. The normalized spacial score (nSPS) is 19.7. The first-order chi connectivity index (χ1) is 14.5. The molecule has 0 heteroatoms. The smallest absolute Gasteiger partial charge is 0.0320 e. The molecule has 0 heterocycles. The van der Waals surface area contributed by atoms with E-state index in [9.17, 15) is 0 Å². The molecule has 0 aromatic heterocycles. The summed E-state index contributed by atoms with van der Waals surface area (Å²) in [6.45, 7) is 26.1. The maximum atomic E-state index is 4.16. The Morgan fingerprint density at radius 2 is 1.37 bits per heavy atom. The summed E-state index contributed by atoms with van der Waals surface area (Å²) in [7, 11) is 0. The molecule has 1 fully saturated rings. The Morgan fingerprint density at radius 1 is 0.800 bits per heavy atom. The van der Waals surface area contributed by atoms with Crippen molar-refractivity contribution in [1.29, 1.82) is 0 Å². The van der Waals surface area contributed by atoms with Gasteiger partial charge in [0.1, 0.15) is 0 Å². The molecule has 0 amide bonds. The Kier molecular flexibility index (Phi) is 30.7. The van der Waals surface area contributed by atoms with Crippen LogP contribution in [0.3, 0.4) is 0 Å². The predicted octanol–water partition coefficient (Wildman–Crippen LogP) is 11.6. The minimum Gasteiger partial charge on any atom is -0.0999 e. The van der Waals surface area contributed by atoms with Crippen LogP contribution in [0, 0.1) is 23.7 Å². The van der Waals surface area contributed by atoms with Crippen molar-refractivity contribution in [2.75, 3.05) is 0 Å². The van der Waals surface area contributed by atoms with E-state index in [4.69, 9.17) is 0 Å². The lowest BCUT2D eigenvalue weighted by Gasteiger charge is -2.30. The van der Waals surface area contributed by atoms with Gasteiger partial charge >= 0.3 is 0 Å². The summed E-state index contributed by atoms with van der Waals surface area (Å²) in [4.78, 5) is 0. The fourth-order valence-corrected chi connectivity index (χ4v) is 4.55. The van der Waals surface area contributed by atoms with Crippen molar-refractivity contribution < 1.29 is 0 Å². The fraction of sp³-hybridized carbons (Fsp3) is 0.933. The molecular formula is C30H64. The summed E-state index contributed by atoms with van der Waals surface area (Å²) < 4.78 is 0. The van der Waals surface area contributed by atoms with Crippen LogP contribution >= 0.6 is 0 Å². The van der Waals surface area contributed by atoms with Crippen LogP contribution < -0.4 is 0 Å². The van der Waals surface area contributed by atoms with Gasteiger partial charge in [-0.05, 0) is 55.8 Å². The molecule has 4 unspecified atom stereocenters. The Labute approximate surface area is 195 Å². The first-order valence-electron chi connectivity index (χ1n) is 14.1. The van der Waals surface area contributed by atoms with Gasteiger partial charge < -0.3 is 0 Å². The lowest BCUT2D eigenvalue weighted by atomic mass is 9.76. The maximum absolute atomic E-state index is 4.16. The minimum absolute atomic E-state index is 0.873. The predicted molar refractivity (Wildman–Crippen MR) is 144 cm³/mol. The molecule has 0 saturated heterocycles. The van der Waals surface area contributed by atoms with Gasteiger partial charge in [0.2, 0.25) is 0 Å². The zero-order valence-corrected chi connectivity index (χ0v) is 23.4. The third kappa shape index (κ3) is 21.0. The average molecular weight is 425 g/mol. The first kappa shape index (κ1) is 34.4. The second-order valence-electron chi connectivity index (χ2n) is 9.25. The fourth-order valence-electron chi connectivity index (χ4n) is 4.55. The summed E-state index contributed by atoms with van der Waals surface area (Å²) in [5.74, 6) is 3.92. The highest BCUT2D eigenvalue weighted by atomic mass is 14.3. The highest BCUT2D eigenvalue weighted by Gasteiger charge is 2.22. The second-order valence-corrected chi connectivity index (χ2v) is 9.25. The van der Waals surface area contributed by atoms with Crippen LogP contribution in [0.5, 0.6) is 0 Å². The van der Waals surface area contributed by atoms with Crippen molar-refractivity contribution in [3.63, 3.8) is 0 Å². The molecule has 0 aromatic carbocycles. The summed E-state index contributed by atoms with van der Waals surface area (Å²) in [6.07, 6.45) is 19.5. The molecule has 0 spiro atoms. The number of rotatable bonds is 12. The van der Waals surface area contributed by atoms with Crippen LogP contribution in [0.1, 0.15) is 159 Å². The van der Waals surface area contributed by atoms with Crippen LogP contribution in [0.15, 0.2) is 12.2 Å². The standard InChI is InChI=1S/C15H30.C11H22.2C2H6/c1-6-8-9-14(4)10-11-15(5)12-13(3)7-2;1-3-7-11-9-6-5-8-10(11)4-2;2*1-2/h13,15H,4,6-12H2,1-3,5H3;10-11H,3-9H2,1-2H3;2*1-2H3. The zero-order chi connectivity index (χ0) is 23.8. The molecule has 4 atom stereocenters. The second kappa shape index (κ2) is 26.8. The van der Waals surface area contributed by atoms with Gasteiger partial charge in [-0.3, -0.25) is 0 Å². The van der Waals surface area contributed by atoms with E-state index in [2.05, 4.69) is 48.1 Å². The van der Waals surface area contributed by atoms with Gasteiger partial charge in [-0.2, -0.15) is 0 Å². The molecule has 0 bridgehead atoms. The van der Waals surface area contributed by atoms with Crippen molar-refractivity contribution >= 4 is 0 Å². The maximum Gasteiger partial charge on any atom is -0.0320 e. The molecule has 30 heavy (non-hydrogen) atoms. The number of unbranched alkanes of at least 4 members (excludes halogenated alkanes) is 1. The summed E-state index contributed by atoms with van der Waals surface area (Å²) in [5.41, 5.74) is 1.47. The molecule has 0 radical (unpaired) electrons. The first-order valence-corrected chi connectivity index (χ1v) is 14.1. The lowest BCUT2D eigenvalue weighted by Crippen LogP contribution is -2.18. The topological polar surface area (TPSA) is 0 Å². The molecule has 1 aliphatic rings. The number of allylic oxidation sites excluding steroid dienone is 1. The van der Waals surface area contributed by atoms with Crippen LogP contribution in [0.25, 0.3) is 0 Å². The Balaban J connectivity index is -0.000000428. The van der Waals surface area contributed by atoms with Gasteiger partial charge in [0.05, 0.1) is 0 Å². The van der Waals surface area contributed by atoms with Crippen LogP contribution in [-0.4, -0.2) is 0 Å². The zero-order valence-electron chi connectivity index (χ0n) is 23.4. The van der Waals surface area contributed by atoms with E-state index in [1.54, 1.807) is 0 Å². The van der Waals surface area contributed by atoms with Crippen molar-refractivity contribution in [1.82, 2.24) is 0 Å². The van der Waals surface area contributed by atoms with Gasteiger partial charge in [-0.15, -0.1) is 0 Å². The molecule has 0 aromatic rings. The largest absolute Gasteiger partial charge is 0.0999 e. The summed E-state index contributed by atoms with van der Waals surface area (Å²) in [5, 5.41) is 0. The van der Waals surface area contributed by atoms with E-state index in [0.29, 0.717) is 0 Å². The van der Waals surface area contributed by atoms with Crippen molar-refractivity contribution in [3.05, 3.63) is 12.2 Å². The van der Waals surface area contributed by atoms with E-state index < -0.39 is 0 Å². The molecule has 0 aliphatic heterocycles. The molecule has 1 rings (SSSR count). The van der Waals surface area contributed by atoms with Crippen molar-refractivity contribution in [3.8, 4) is 0 Å². The number of hydrogen-bond acceptors (Lipinski definition) is 0. The van der Waals surface area contributed by atoms with Gasteiger partial charge in [0.15, 0.2) is 0 Å². The molecule has 184 valence electrons. The van der Waals surface area contributed by atoms with E-state index in [-0.39, 0.29) is 0 Å². The molecule has 0 nitrogen and oxygen atoms in total. The van der Waals surface area contributed by atoms with Crippen LogP contribution in [0.4, 0.5) is 0 Å². The molecule has 1 saturated carbocycles. The quantitative estimate of drug-likeness (QED) is 0.273. The number of hydrogen-bond donors (Lipinski definition) is 0. The van der Waals surface area contributed by atoms with E-state index in [1.807, 2.05) is 27.7 Å². The van der Waals surface area contributed by atoms with Crippen LogP contribution in [-0.2, 0) is 0 Å². The SMILES string of the molecule is C=C(CCCC)CCC(C)CC(C)CC.CC.CC.CCCC1CCCCC1CC. The van der Waals surface area contributed by atoms with Gasteiger partial charge in [-0.25, -0.2) is 0 Å². The van der Waals surface area contributed by atoms with E-state index in [0.717, 1.165) is 23.7 Å². The summed E-state index contributed by atoms with van der Waals surface area (Å²) >= 11 is 0. The van der Waals surface area contributed by atoms with Crippen molar-refractivity contribution in [2.45, 2.75) is 159 Å². The van der Waals surface area contributed by atoms with Crippen molar-refractivity contribution in [2.24, 2.45) is 23.7 Å². The van der Waals surface area contributed by atoms with Crippen LogP contribution in [0.2, 0.25) is 0 Å². The van der Waals surface area contributed by atoms with Gasteiger partial charge in [0.25, 0.3) is 0 Å². The molecule has 1 aliphatic carbocycles. The minimum atomic E-state index is 0.873. The molecular weight excluding hydrogens is 360 g/mol. The van der Waals surface area contributed by atoms with E-state index >= 15 is 0 Å². The third-order valence-electron chi connectivity index (χ3n) is 6.63. The monoisotopic (exact) mass is 425 g/mol. The third-order valence-corrected chi connectivity index (χ3v) is 6.63. The Morgan fingerprint density at radius 3 is 1.83 bits per heavy atom. The highest BCUT2D eigenvalue weighted by molar-refractivity contribution is 4.93. The Hall–Kier alpha value is -0.260. The highest BCUT2D eigenvalue weighted by Crippen LogP contribution is 2.34.